The van der Waals surface area contributed by atoms with Crippen LogP contribution in [-0.2, 0) is 27.3 Å². The third-order valence-corrected chi connectivity index (χ3v) is 5.63. The molecule has 1 aliphatic heterocycles. The molecule has 35 heavy (non-hydrogen) atoms. The molecule has 1 unspecified atom stereocenters. The first-order chi connectivity index (χ1) is 16.9. The smallest absolute Gasteiger partial charge is 0.263 e. The Hall–Kier alpha value is -4.01. The second-order valence-electron chi connectivity index (χ2n) is 8.19. The van der Waals surface area contributed by atoms with Gasteiger partial charge in [0.25, 0.3) is 5.91 Å². The van der Waals surface area contributed by atoms with Crippen molar-refractivity contribution in [3.05, 3.63) is 77.4 Å². The maximum Gasteiger partial charge on any atom is 0.263 e. The summed E-state index contributed by atoms with van der Waals surface area (Å²) < 4.78 is 5.72. The predicted octanol–water partition coefficient (Wildman–Crippen LogP) is 1.62. The average Bonchev–Trinajstić information content (AvgIpc) is 2.85. The number of hydrogen-bond acceptors (Lipinski definition) is 6. The lowest BCUT2D eigenvalue weighted by atomic mass is 10.1. The van der Waals surface area contributed by atoms with Crippen molar-refractivity contribution < 1.29 is 19.1 Å². The molecule has 1 atom stereocenters. The molecule has 0 saturated heterocycles. The van der Waals surface area contributed by atoms with Gasteiger partial charge in [0, 0.05) is 32.1 Å². The minimum absolute atomic E-state index is 0.153. The molecule has 0 saturated carbocycles. The number of para-hydroxylation sites is 1. The molecular formula is C26H33N5O4. The molecule has 0 spiro atoms. The van der Waals surface area contributed by atoms with Crippen molar-refractivity contribution in [3.8, 4) is 5.75 Å². The van der Waals surface area contributed by atoms with Crippen LogP contribution in [0, 0.1) is 0 Å². The summed E-state index contributed by atoms with van der Waals surface area (Å²) in [4.78, 5) is 38.4. The van der Waals surface area contributed by atoms with Gasteiger partial charge >= 0.3 is 0 Å². The molecule has 0 aliphatic carbocycles. The van der Waals surface area contributed by atoms with E-state index in [0.717, 1.165) is 12.0 Å². The number of ether oxygens (including phenoxy) is 1. The Bertz CT molecular complexity index is 1070. The summed E-state index contributed by atoms with van der Waals surface area (Å²) in [6.07, 6.45) is 0.791. The third kappa shape index (κ3) is 7.23. The number of carbonyl (C=O) groups is 3. The molecule has 0 fully saturated rings. The van der Waals surface area contributed by atoms with Crippen LogP contribution >= 0.6 is 0 Å². The zero-order valence-corrected chi connectivity index (χ0v) is 20.4. The van der Waals surface area contributed by atoms with Gasteiger partial charge in [0.1, 0.15) is 17.6 Å². The van der Waals surface area contributed by atoms with E-state index in [1.54, 1.807) is 12.1 Å². The van der Waals surface area contributed by atoms with E-state index in [4.69, 9.17) is 4.74 Å². The lowest BCUT2D eigenvalue weighted by Crippen LogP contribution is -2.56. The molecule has 3 amide bonds. The van der Waals surface area contributed by atoms with Crippen LogP contribution in [-0.4, -0.2) is 48.4 Å². The Morgan fingerprint density at radius 2 is 1.80 bits per heavy atom. The van der Waals surface area contributed by atoms with Crippen molar-refractivity contribution in [3.63, 3.8) is 0 Å². The van der Waals surface area contributed by atoms with Crippen LogP contribution in [0.1, 0.15) is 31.9 Å². The lowest BCUT2D eigenvalue weighted by Gasteiger charge is -2.37. The number of hydrogen-bond donors (Lipinski definition) is 4. The van der Waals surface area contributed by atoms with Gasteiger partial charge in [-0.05, 0) is 31.9 Å². The first-order valence-corrected chi connectivity index (χ1v) is 11.7. The van der Waals surface area contributed by atoms with Crippen LogP contribution in [0.2, 0.25) is 0 Å². The minimum Gasteiger partial charge on any atom is -0.483 e. The Morgan fingerprint density at radius 1 is 1.09 bits per heavy atom. The predicted molar refractivity (Wildman–Crippen MR) is 133 cm³/mol. The summed E-state index contributed by atoms with van der Waals surface area (Å²) in [6, 6.07) is 16.9. The second kappa shape index (κ2) is 12.5. The van der Waals surface area contributed by atoms with E-state index in [1.807, 2.05) is 49.1 Å². The largest absolute Gasteiger partial charge is 0.483 e. The standard InChI is InChI=1S/C26H33N5O4/c1-4-31-18(2)26(34)30-24(25(31)27-15-14-20-10-6-5-7-11-20)29-23(33)17-35-22-13-9-8-12-21(22)16-28-19(3)32/h5-13,18,27H,4,14-17H2,1-3H3,(H,28,32)(H,29,33)(H,30,34). The molecule has 0 aromatic heterocycles. The number of carbonyl (C=O) groups excluding carboxylic acids is 3. The highest BCUT2D eigenvalue weighted by Gasteiger charge is 2.31. The minimum atomic E-state index is -0.414. The van der Waals surface area contributed by atoms with Crippen molar-refractivity contribution in [1.82, 2.24) is 26.2 Å². The molecule has 9 nitrogen and oxygen atoms in total. The van der Waals surface area contributed by atoms with Gasteiger partial charge in [0.15, 0.2) is 12.4 Å². The Balaban J connectivity index is 1.68. The second-order valence-corrected chi connectivity index (χ2v) is 8.19. The van der Waals surface area contributed by atoms with Gasteiger partial charge < -0.3 is 30.9 Å². The van der Waals surface area contributed by atoms with Crippen molar-refractivity contribution >= 4 is 17.7 Å². The van der Waals surface area contributed by atoms with E-state index in [2.05, 4.69) is 33.4 Å². The Kier molecular flexibility index (Phi) is 9.11. The van der Waals surface area contributed by atoms with Crippen LogP contribution in [0.15, 0.2) is 66.2 Å². The van der Waals surface area contributed by atoms with E-state index in [1.165, 1.54) is 12.5 Å². The molecule has 0 bridgehead atoms. The fourth-order valence-electron chi connectivity index (χ4n) is 3.78. The van der Waals surface area contributed by atoms with E-state index in [9.17, 15) is 14.4 Å². The fraction of sp³-hybridized carbons (Fsp3) is 0.346. The molecule has 9 heteroatoms. The van der Waals surface area contributed by atoms with Gasteiger partial charge in [-0.15, -0.1) is 0 Å². The number of rotatable bonds is 11. The number of benzene rings is 2. The number of nitrogens with zero attached hydrogens (tertiary/aromatic N) is 1. The van der Waals surface area contributed by atoms with Crippen LogP contribution in [0.3, 0.4) is 0 Å². The van der Waals surface area contributed by atoms with Crippen molar-refractivity contribution in [2.75, 3.05) is 19.7 Å². The average molecular weight is 480 g/mol. The first kappa shape index (κ1) is 25.6. The van der Waals surface area contributed by atoms with Gasteiger partial charge in [-0.3, -0.25) is 14.4 Å². The fourth-order valence-corrected chi connectivity index (χ4v) is 3.78. The summed E-state index contributed by atoms with van der Waals surface area (Å²) >= 11 is 0. The van der Waals surface area contributed by atoms with E-state index >= 15 is 0 Å². The molecular weight excluding hydrogens is 446 g/mol. The molecule has 4 N–H and O–H groups in total. The quantitative estimate of drug-likeness (QED) is 0.390. The number of likely N-dealkylation sites (N-methyl/N-ethyl adjacent to an activating group) is 1. The molecule has 1 aliphatic rings. The van der Waals surface area contributed by atoms with Crippen molar-refractivity contribution in [2.45, 2.75) is 39.8 Å². The topological polar surface area (TPSA) is 112 Å². The zero-order chi connectivity index (χ0) is 25.2. The van der Waals surface area contributed by atoms with Gasteiger partial charge in [0.2, 0.25) is 11.8 Å². The zero-order valence-electron chi connectivity index (χ0n) is 20.4. The lowest BCUT2D eigenvalue weighted by molar-refractivity contribution is -0.126. The summed E-state index contributed by atoms with van der Waals surface area (Å²) in [5.41, 5.74) is 1.95. The van der Waals surface area contributed by atoms with Gasteiger partial charge in [-0.2, -0.15) is 0 Å². The monoisotopic (exact) mass is 479 g/mol. The third-order valence-electron chi connectivity index (χ3n) is 5.63. The van der Waals surface area contributed by atoms with Gasteiger partial charge in [-0.1, -0.05) is 48.5 Å². The van der Waals surface area contributed by atoms with Crippen LogP contribution in [0.5, 0.6) is 5.75 Å². The van der Waals surface area contributed by atoms with E-state index < -0.39 is 5.91 Å². The summed E-state index contributed by atoms with van der Waals surface area (Å²) in [5.74, 6) is 0.709. The molecule has 2 aromatic rings. The molecule has 186 valence electrons. The van der Waals surface area contributed by atoms with Crippen LogP contribution in [0.25, 0.3) is 0 Å². The SMILES string of the molecule is CCN1C(NCCc2ccccc2)=C(NC(=O)COc2ccccc2CNC(C)=O)NC(=O)C1C. The normalized spacial score (nSPS) is 15.3. The summed E-state index contributed by atoms with van der Waals surface area (Å²) in [5, 5.41) is 11.7. The highest BCUT2D eigenvalue weighted by molar-refractivity contribution is 5.87. The van der Waals surface area contributed by atoms with Gasteiger partial charge in [-0.25, -0.2) is 0 Å². The van der Waals surface area contributed by atoms with Crippen LogP contribution < -0.4 is 26.0 Å². The molecule has 1 heterocycles. The number of nitrogens with one attached hydrogen (secondary N) is 4. The van der Waals surface area contributed by atoms with Crippen molar-refractivity contribution in [1.29, 1.82) is 0 Å². The Morgan fingerprint density at radius 3 is 2.51 bits per heavy atom. The van der Waals surface area contributed by atoms with E-state index in [-0.39, 0.29) is 24.5 Å². The van der Waals surface area contributed by atoms with E-state index in [0.29, 0.717) is 37.0 Å². The summed E-state index contributed by atoms with van der Waals surface area (Å²) in [7, 11) is 0. The summed E-state index contributed by atoms with van der Waals surface area (Å²) in [6.45, 7) is 6.49. The maximum atomic E-state index is 12.7. The molecule has 3 rings (SSSR count). The first-order valence-electron chi connectivity index (χ1n) is 11.7. The highest BCUT2D eigenvalue weighted by Crippen LogP contribution is 2.18. The Labute approximate surface area is 205 Å². The molecule has 0 radical (unpaired) electrons. The van der Waals surface area contributed by atoms with Gasteiger partial charge in [0.05, 0.1) is 0 Å². The highest BCUT2D eigenvalue weighted by atomic mass is 16.5. The maximum absolute atomic E-state index is 12.7. The number of amides is 3. The van der Waals surface area contributed by atoms with Crippen molar-refractivity contribution in [2.24, 2.45) is 0 Å². The molecule has 2 aromatic carbocycles. The van der Waals surface area contributed by atoms with Crippen LogP contribution in [0.4, 0.5) is 0 Å².